The van der Waals surface area contributed by atoms with Gasteiger partial charge in [-0.05, 0) is 276 Å². The average molecular weight is 1480 g/mol. The van der Waals surface area contributed by atoms with Crippen molar-refractivity contribution >= 4 is 80.4 Å². The molecule has 24 heteroatoms. The smallest absolute Gasteiger partial charge is 0.175 e. The summed E-state index contributed by atoms with van der Waals surface area (Å²) < 4.78 is 36.1. The number of halogens is 2. The number of aliphatic hydroxyl groups excluding tert-OH is 3. The molecule has 6 aliphatic rings. The fourth-order valence-electron chi connectivity index (χ4n) is 14.4. The second-order valence-electron chi connectivity index (χ2n) is 30.7. The van der Waals surface area contributed by atoms with E-state index in [0.29, 0.717) is 44.7 Å². The molecule has 8 heterocycles. The Morgan fingerprint density at radius 2 is 0.794 bits per heavy atom. The van der Waals surface area contributed by atoms with Crippen molar-refractivity contribution in [3.8, 4) is 29.4 Å². The van der Waals surface area contributed by atoms with Gasteiger partial charge in [0.1, 0.15) is 39.1 Å². The fourth-order valence-corrected chi connectivity index (χ4v) is 16.1. The van der Waals surface area contributed by atoms with Crippen molar-refractivity contribution in [2.45, 2.75) is 148 Å². The summed E-state index contributed by atoms with van der Waals surface area (Å²) in [7, 11) is 12.3. The first-order valence-corrected chi connectivity index (χ1v) is 38.2. The van der Waals surface area contributed by atoms with Gasteiger partial charge in [0.05, 0.1) is 73.4 Å². The third-order valence-electron chi connectivity index (χ3n) is 21.8. The number of piperidine rings is 3. The highest BCUT2D eigenvalue weighted by Crippen LogP contribution is 2.48. The number of nitriles is 2. The van der Waals surface area contributed by atoms with E-state index in [9.17, 15) is 15.3 Å². The van der Waals surface area contributed by atoms with E-state index in [1.54, 1.807) is 22.7 Å². The second-order valence-corrected chi connectivity index (χ2v) is 33.0. The second kappa shape index (κ2) is 36.4. The minimum absolute atomic E-state index is 0. The molecule has 6 fully saturated rings. The quantitative estimate of drug-likeness (QED) is 0.0316. The molecular formula is C78H107Cl2N11O9S2. The Balaban J connectivity index is 0.000000165. The molecule has 3 aromatic carbocycles. The highest BCUT2D eigenvalue weighted by molar-refractivity contribution is 7.12. The van der Waals surface area contributed by atoms with Crippen LogP contribution in [-0.2, 0) is 52.0 Å². The monoisotopic (exact) mass is 1480 g/mol. The maximum absolute atomic E-state index is 9.65. The number of nitrogens with one attached hydrogen (secondary N) is 1. The van der Waals surface area contributed by atoms with E-state index in [1.807, 2.05) is 54.4 Å². The molecule has 0 amide bonds. The number of hydrogen-bond acceptors (Lipinski definition) is 22. The zero-order valence-corrected chi connectivity index (χ0v) is 63.9. The summed E-state index contributed by atoms with van der Waals surface area (Å²) in [5.74, 6) is 4.69. The van der Waals surface area contributed by atoms with Gasteiger partial charge in [-0.2, -0.15) is 10.5 Å². The van der Waals surface area contributed by atoms with Gasteiger partial charge in [0.2, 0.25) is 0 Å². The van der Waals surface area contributed by atoms with Crippen molar-refractivity contribution in [1.29, 1.82) is 10.5 Å². The summed E-state index contributed by atoms with van der Waals surface area (Å²) in [5, 5.41) is 67.1. The van der Waals surface area contributed by atoms with Crippen LogP contribution in [0, 0.1) is 56.7 Å². The summed E-state index contributed by atoms with van der Waals surface area (Å²) >= 11 is 3.21. The first-order chi connectivity index (χ1) is 48.6. The van der Waals surface area contributed by atoms with Crippen molar-refractivity contribution in [3.63, 3.8) is 0 Å². The predicted molar refractivity (Wildman–Crippen MR) is 406 cm³/mol. The third-order valence-corrected chi connectivity index (χ3v) is 23.7. The number of thiophene rings is 2. The molecule has 5 aromatic heterocycles. The summed E-state index contributed by atoms with van der Waals surface area (Å²) in [6.07, 6.45) is 19.7. The Hall–Kier alpha value is -5.93. The lowest BCUT2D eigenvalue weighted by molar-refractivity contribution is 0.145. The van der Waals surface area contributed by atoms with Crippen LogP contribution >= 0.6 is 47.5 Å². The van der Waals surface area contributed by atoms with E-state index in [0.717, 1.165) is 229 Å². The highest BCUT2D eigenvalue weighted by Gasteiger charge is 2.45. The number of benzene rings is 3. The first-order valence-electron chi connectivity index (χ1n) is 36.6. The number of likely N-dealkylation sites (tertiary alicyclic amines) is 2. The Kier molecular flexibility index (Phi) is 28.1. The van der Waals surface area contributed by atoms with Crippen LogP contribution in [0.3, 0.4) is 0 Å². The fraction of sp³-hybridized carbons (Fsp3) is 0.603. The molecule has 3 aliphatic heterocycles. The molecule has 8 aromatic rings. The van der Waals surface area contributed by atoms with E-state index in [1.165, 1.54) is 54.7 Å². The molecule has 0 radical (unpaired) electrons. The van der Waals surface area contributed by atoms with Gasteiger partial charge >= 0.3 is 0 Å². The van der Waals surface area contributed by atoms with Crippen LogP contribution < -0.4 is 19.5 Å². The van der Waals surface area contributed by atoms with Crippen molar-refractivity contribution in [2.75, 3.05) is 121 Å². The maximum atomic E-state index is 9.65. The number of rotatable bonds is 31. The largest absolute Gasteiger partial charge is 0.492 e. The SMILES string of the molecule is CN(C)Cc1c(OCC2(CO)CC2)ccc2c(CCC3CCN(Cc4ccc(C#N)s4)CC3)noc12.CN(C)Cc1c(OCC2(CO)CC2)ccc2c(CCC3CCN(Cc4ccc(C#N)s4)CC3)noc12.CN(C)Cc1c(OCC2(CO)CC2)ccc2c(CCC3CCNCC3)noc12.Cl.Cl. The number of aryl methyl sites for hydroxylation is 3. The summed E-state index contributed by atoms with van der Waals surface area (Å²) in [5.41, 5.74) is 8.60. The van der Waals surface area contributed by atoms with Crippen molar-refractivity contribution in [3.05, 3.63) is 114 Å². The van der Waals surface area contributed by atoms with E-state index >= 15 is 0 Å². The van der Waals surface area contributed by atoms with Crippen molar-refractivity contribution in [1.82, 2.24) is 45.3 Å². The molecule has 4 N–H and O–H groups in total. The number of nitrogens with zero attached hydrogens (tertiary/aromatic N) is 10. The molecule has 554 valence electrons. The molecule has 14 rings (SSSR count). The third kappa shape index (κ3) is 20.6. The van der Waals surface area contributed by atoms with E-state index in [4.69, 9.17) is 38.3 Å². The number of hydrogen-bond donors (Lipinski definition) is 4. The Morgan fingerprint density at radius 3 is 1.07 bits per heavy atom. The van der Waals surface area contributed by atoms with E-state index in [2.05, 4.69) is 106 Å². The number of ether oxygens (including phenoxy) is 3. The van der Waals surface area contributed by atoms with Crippen LogP contribution in [0.1, 0.15) is 150 Å². The molecule has 3 aliphatic carbocycles. The van der Waals surface area contributed by atoms with E-state index in [-0.39, 0.29) is 60.9 Å². The van der Waals surface area contributed by atoms with Crippen LogP contribution in [0.15, 0.2) is 74.2 Å². The zero-order valence-electron chi connectivity index (χ0n) is 60.7. The van der Waals surface area contributed by atoms with Gasteiger partial charge in [-0.25, -0.2) is 0 Å². The highest BCUT2D eigenvalue weighted by atomic mass is 35.5. The molecule has 0 spiro atoms. The first kappa shape index (κ1) is 78.7. The molecule has 102 heavy (non-hydrogen) atoms. The topological polar surface area (TPSA) is 242 Å². The van der Waals surface area contributed by atoms with Gasteiger partial charge < -0.3 is 63.1 Å². The standard InChI is InChI=1S/2C28H36N4O3S.C22H33N3O3.2ClH/c2*1-31(2)17-24-26(34-19-28(18-33)11-12-28)8-6-23-25(30-35-27(23)24)7-3-20-9-13-32(14-10-20)16-22-5-4-21(15-29)36-22;1-25(2)13-18-20(27-15-22(14-26)9-10-22)6-4-17-19(24-28-21(17)18)5-3-16-7-11-23-12-8-16;;/h2*4-6,8,20,33H,3,7,9-14,16-19H2,1-2H3;4,6,16,23,26H,3,5,7-15H2,1-2H3;2*1H. The van der Waals surface area contributed by atoms with Crippen molar-refractivity contribution < 1.29 is 43.1 Å². The summed E-state index contributed by atoms with van der Waals surface area (Å²) in [4.78, 5) is 15.5. The lowest BCUT2D eigenvalue weighted by Gasteiger charge is -2.31. The molecule has 3 saturated carbocycles. The lowest BCUT2D eigenvalue weighted by atomic mass is 9.91. The van der Waals surface area contributed by atoms with Gasteiger partial charge in [-0.15, -0.1) is 47.5 Å². The minimum Gasteiger partial charge on any atom is -0.492 e. The van der Waals surface area contributed by atoms with Crippen LogP contribution in [-0.4, -0.2) is 176 Å². The summed E-state index contributed by atoms with van der Waals surface area (Å²) in [6, 6.07) is 24.9. The predicted octanol–water partition coefficient (Wildman–Crippen LogP) is 13.5. The zero-order chi connectivity index (χ0) is 69.8. The normalized spacial score (nSPS) is 18.1. The van der Waals surface area contributed by atoms with Gasteiger partial charge in [-0.3, -0.25) is 9.80 Å². The number of fused-ring (bicyclic) bond motifs is 3. The maximum Gasteiger partial charge on any atom is 0.175 e. The van der Waals surface area contributed by atoms with Crippen LogP contribution in [0.25, 0.3) is 32.9 Å². The number of aliphatic hydroxyl groups is 3. The molecule has 0 bridgehead atoms. The molecule has 3 saturated heterocycles. The number of aromatic nitrogens is 3. The molecule has 0 atom stereocenters. The van der Waals surface area contributed by atoms with E-state index < -0.39 is 0 Å². The van der Waals surface area contributed by atoms with Gasteiger partial charge in [0, 0.05) is 74.9 Å². The van der Waals surface area contributed by atoms with Gasteiger partial charge in [-0.1, -0.05) is 15.5 Å². The molecular weight excluding hydrogens is 1370 g/mol. The van der Waals surface area contributed by atoms with Crippen molar-refractivity contribution in [2.24, 2.45) is 34.0 Å². The molecule has 0 unspecified atom stereocenters. The van der Waals surface area contributed by atoms with Gasteiger partial charge in [0.15, 0.2) is 16.7 Å². The lowest BCUT2D eigenvalue weighted by Crippen LogP contribution is -2.33. The van der Waals surface area contributed by atoms with Crippen LogP contribution in [0.5, 0.6) is 17.2 Å². The Labute approximate surface area is 622 Å². The average Bonchev–Trinajstić information content (AvgIpc) is 1.62. The van der Waals surface area contributed by atoms with Crippen LogP contribution in [0.2, 0.25) is 0 Å². The Morgan fingerprint density at radius 1 is 0.480 bits per heavy atom. The minimum atomic E-state index is -0.0597. The Bertz CT molecular complexity index is 3850. The summed E-state index contributed by atoms with van der Waals surface area (Å²) in [6.45, 7) is 13.0. The molecule has 20 nitrogen and oxygen atoms in total. The van der Waals surface area contributed by atoms with Gasteiger partial charge in [0.25, 0.3) is 0 Å². The van der Waals surface area contributed by atoms with Crippen LogP contribution in [0.4, 0.5) is 0 Å².